The van der Waals surface area contributed by atoms with E-state index in [1.165, 1.54) is 0 Å². The normalized spacial score (nSPS) is 18.7. The summed E-state index contributed by atoms with van der Waals surface area (Å²) < 4.78 is 1.83. The van der Waals surface area contributed by atoms with E-state index in [0.29, 0.717) is 0 Å². The Hall–Kier alpha value is -0.940. The van der Waals surface area contributed by atoms with E-state index in [1.54, 1.807) is 0 Å². The number of aromatic nitrogens is 3. The van der Waals surface area contributed by atoms with Crippen molar-refractivity contribution in [3.05, 3.63) is 11.6 Å². The van der Waals surface area contributed by atoms with Crippen LogP contribution in [0.15, 0.2) is 0 Å². The molecule has 0 bridgehead atoms. The maximum atomic E-state index is 4.39. The zero-order valence-electron chi connectivity index (χ0n) is 8.82. The van der Waals surface area contributed by atoms with Gasteiger partial charge in [-0.2, -0.15) is 5.10 Å². The topological polar surface area (TPSA) is 46.0 Å². The molecule has 1 aromatic heterocycles. The van der Waals surface area contributed by atoms with Gasteiger partial charge in [0.05, 0.1) is 6.54 Å². The van der Waals surface area contributed by atoms with Gasteiger partial charge in [0.25, 0.3) is 0 Å². The fourth-order valence-corrected chi connectivity index (χ4v) is 1.66. The molecule has 2 rings (SSSR count). The average Bonchev–Trinajstić information content (AvgIpc) is 2.47. The van der Waals surface area contributed by atoms with Gasteiger partial charge in [-0.15, -0.1) is 0 Å². The van der Waals surface area contributed by atoms with Crippen molar-refractivity contribution in [1.82, 2.24) is 25.0 Å². The van der Waals surface area contributed by atoms with Gasteiger partial charge in [-0.3, -0.25) is 9.58 Å². The van der Waals surface area contributed by atoms with E-state index in [4.69, 9.17) is 0 Å². The molecule has 1 N–H and O–H groups in total. The van der Waals surface area contributed by atoms with Gasteiger partial charge in [0.1, 0.15) is 5.82 Å². The van der Waals surface area contributed by atoms with E-state index >= 15 is 0 Å². The zero-order chi connectivity index (χ0) is 9.97. The Morgan fingerprint density at radius 3 is 2.64 bits per heavy atom. The monoisotopic (exact) mass is 195 g/mol. The Morgan fingerprint density at radius 2 is 2.07 bits per heavy atom. The summed E-state index contributed by atoms with van der Waals surface area (Å²) in [7, 11) is 1.93. The number of nitrogens with one attached hydrogen (secondary N) is 1. The van der Waals surface area contributed by atoms with Crippen LogP contribution in [0, 0.1) is 6.92 Å². The molecule has 0 aromatic carbocycles. The van der Waals surface area contributed by atoms with Crippen molar-refractivity contribution < 1.29 is 0 Å². The van der Waals surface area contributed by atoms with Crippen molar-refractivity contribution in [2.24, 2.45) is 7.05 Å². The Balaban J connectivity index is 1.95. The molecule has 1 aliphatic rings. The lowest BCUT2D eigenvalue weighted by molar-refractivity contribution is 0.228. The number of hydrogen-bond donors (Lipinski definition) is 1. The zero-order valence-corrected chi connectivity index (χ0v) is 8.82. The lowest BCUT2D eigenvalue weighted by Crippen LogP contribution is -2.43. The van der Waals surface area contributed by atoms with E-state index in [9.17, 15) is 0 Å². The highest BCUT2D eigenvalue weighted by Crippen LogP contribution is 2.01. The maximum absolute atomic E-state index is 4.39. The number of hydrogen-bond acceptors (Lipinski definition) is 4. The van der Waals surface area contributed by atoms with Crippen molar-refractivity contribution >= 4 is 0 Å². The highest BCUT2D eigenvalue weighted by molar-refractivity contribution is 4.90. The summed E-state index contributed by atoms with van der Waals surface area (Å²) in [5, 5.41) is 7.68. The molecule has 0 atom stereocenters. The second kappa shape index (κ2) is 4.06. The summed E-state index contributed by atoms with van der Waals surface area (Å²) in [4.78, 5) is 6.77. The fraction of sp³-hybridized carbons (Fsp3) is 0.778. The fourth-order valence-electron chi connectivity index (χ4n) is 1.66. The number of aryl methyl sites for hydroxylation is 2. The van der Waals surface area contributed by atoms with Gasteiger partial charge in [0, 0.05) is 33.2 Å². The molecule has 0 unspecified atom stereocenters. The minimum atomic E-state index is 0.878. The third kappa shape index (κ3) is 2.10. The molecule has 2 heterocycles. The van der Waals surface area contributed by atoms with Gasteiger partial charge in [-0.05, 0) is 6.92 Å². The number of piperazine rings is 1. The van der Waals surface area contributed by atoms with Crippen LogP contribution in [0.25, 0.3) is 0 Å². The first-order valence-electron chi connectivity index (χ1n) is 5.05. The Kier molecular flexibility index (Phi) is 2.79. The summed E-state index contributed by atoms with van der Waals surface area (Å²) in [6.07, 6.45) is 0. The second-order valence-corrected chi connectivity index (χ2v) is 3.72. The number of nitrogens with zero attached hydrogens (tertiary/aromatic N) is 4. The van der Waals surface area contributed by atoms with Crippen LogP contribution < -0.4 is 5.32 Å². The standard InChI is InChI=1S/C9H17N5/c1-8-11-9(12-13(8)2)7-14-5-3-10-4-6-14/h10H,3-7H2,1-2H3. The lowest BCUT2D eigenvalue weighted by atomic mass is 10.3. The average molecular weight is 195 g/mol. The van der Waals surface area contributed by atoms with Crippen molar-refractivity contribution in [1.29, 1.82) is 0 Å². The molecule has 0 saturated carbocycles. The SMILES string of the molecule is Cc1nc(CN2CCNCC2)nn1C. The van der Waals surface area contributed by atoms with Crippen LogP contribution >= 0.6 is 0 Å². The summed E-state index contributed by atoms with van der Waals surface area (Å²) in [6.45, 7) is 7.20. The predicted octanol–water partition coefficient (Wildman–Crippen LogP) is -0.471. The van der Waals surface area contributed by atoms with Crippen LogP contribution in [0.4, 0.5) is 0 Å². The number of rotatable bonds is 2. The van der Waals surface area contributed by atoms with Crippen molar-refractivity contribution in [2.45, 2.75) is 13.5 Å². The molecular formula is C9H17N5. The highest BCUT2D eigenvalue weighted by atomic mass is 15.3. The van der Waals surface area contributed by atoms with E-state index in [2.05, 4.69) is 20.3 Å². The summed E-state index contributed by atoms with van der Waals surface area (Å²) >= 11 is 0. The van der Waals surface area contributed by atoms with E-state index < -0.39 is 0 Å². The van der Waals surface area contributed by atoms with Crippen LogP contribution in [0.1, 0.15) is 11.6 Å². The van der Waals surface area contributed by atoms with Crippen LogP contribution in [0.3, 0.4) is 0 Å². The molecule has 5 heteroatoms. The van der Waals surface area contributed by atoms with E-state index in [-0.39, 0.29) is 0 Å². The Labute approximate surface area is 84.1 Å². The molecule has 0 radical (unpaired) electrons. The van der Waals surface area contributed by atoms with E-state index in [1.807, 2.05) is 18.7 Å². The van der Waals surface area contributed by atoms with Crippen molar-refractivity contribution in [3.8, 4) is 0 Å². The van der Waals surface area contributed by atoms with Crippen molar-refractivity contribution in [3.63, 3.8) is 0 Å². The molecule has 0 spiro atoms. The van der Waals surface area contributed by atoms with Gasteiger partial charge >= 0.3 is 0 Å². The lowest BCUT2D eigenvalue weighted by Gasteiger charge is -2.25. The maximum Gasteiger partial charge on any atom is 0.164 e. The first-order valence-corrected chi connectivity index (χ1v) is 5.05. The smallest absolute Gasteiger partial charge is 0.164 e. The minimum Gasteiger partial charge on any atom is -0.314 e. The van der Waals surface area contributed by atoms with Gasteiger partial charge < -0.3 is 5.32 Å². The quantitative estimate of drug-likeness (QED) is 0.693. The van der Waals surface area contributed by atoms with Gasteiger partial charge in [-0.25, -0.2) is 4.98 Å². The summed E-state index contributed by atoms with van der Waals surface area (Å²) in [5.41, 5.74) is 0. The van der Waals surface area contributed by atoms with Crippen LogP contribution in [0.2, 0.25) is 0 Å². The third-order valence-electron chi connectivity index (χ3n) is 2.60. The van der Waals surface area contributed by atoms with Gasteiger partial charge in [0.2, 0.25) is 0 Å². The van der Waals surface area contributed by atoms with Gasteiger partial charge in [0.15, 0.2) is 5.82 Å². The highest BCUT2D eigenvalue weighted by Gasteiger charge is 2.12. The van der Waals surface area contributed by atoms with Crippen molar-refractivity contribution in [2.75, 3.05) is 26.2 Å². The summed E-state index contributed by atoms with van der Waals surface area (Å²) in [6, 6.07) is 0. The molecule has 78 valence electrons. The molecule has 0 amide bonds. The minimum absolute atomic E-state index is 0.878. The molecule has 1 saturated heterocycles. The Morgan fingerprint density at radius 1 is 1.36 bits per heavy atom. The first-order chi connectivity index (χ1) is 6.75. The molecule has 1 aliphatic heterocycles. The second-order valence-electron chi connectivity index (χ2n) is 3.72. The molecule has 1 fully saturated rings. The molecule has 1 aromatic rings. The summed E-state index contributed by atoms with van der Waals surface area (Å²) in [5.74, 6) is 1.92. The molecule has 0 aliphatic carbocycles. The molecular weight excluding hydrogens is 178 g/mol. The molecule has 14 heavy (non-hydrogen) atoms. The third-order valence-corrected chi connectivity index (χ3v) is 2.60. The van der Waals surface area contributed by atoms with Gasteiger partial charge in [-0.1, -0.05) is 0 Å². The largest absolute Gasteiger partial charge is 0.314 e. The predicted molar refractivity (Wildman–Crippen MR) is 53.9 cm³/mol. The van der Waals surface area contributed by atoms with Crippen LogP contribution in [-0.2, 0) is 13.6 Å². The van der Waals surface area contributed by atoms with Crippen LogP contribution in [0.5, 0.6) is 0 Å². The Bertz CT molecular complexity index is 281. The van der Waals surface area contributed by atoms with E-state index in [0.717, 1.165) is 44.4 Å². The van der Waals surface area contributed by atoms with Crippen LogP contribution in [-0.4, -0.2) is 45.8 Å². The molecule has 5 nitrogen and oxygen atoms in total. The first kappa shape index (κ1) is 9.61.